The predicted molar refractivity (Wildman–Crippen MR) is 73.7 cm³/mol. The van der Waals surface area contributed by atoms with E-state index in [9.17, 15) is 4.21 Å². The summed E-state index contributed by atoms with van der Waals surface area (Å²) >= 11 is 0. The van der Waals surface area contributed by atoms with Crippen LogP contribution in [0.15, 0.2) is 0 Å². The van der Waals surface area contributed by atoms with Gasteiger partial charge in [0.05, 0.1) is 0 Å². The topological polar surface area (TPSA) is 32.3 Å². The van der Waals surface area contributed by atoms with Crippen LogP contribution in [0.2, 0.25) is 0 Å². The minimum Gasteiger partial charge on any atom is -0.314 e. The van der Waals surface area contributed by atoms with Crippen molar-refractivity contribution < 1.29 is 4.21 Å². The molecule has 2 aliphatic rings. The smallest absolute Gasteiger partial charge is 0.0249 e. The first-order valence-electron chi connectivity index (χ1n) is 7.05. The van der Waals surface area contributed by atoms with Gasteiger partial charge >= 0.3 is 0 Å². The van der Waals surface area contributed by atoms with Crippen LogP contribution in [-0.2, 0) is 10.8 Å². The van der Waals surface area contributed by atoms with Crippen LogP contribution in [0.4, 0.5) is 0 Å². The van der Waals surface area contributed by atoms with Crippen LogP contribution in [0.1, 0.15) is 32.6 Å². The number of hydrogen-bond acceptors (Lipinski definition) is 3. The summed E-state index contributed by atoms with van der Waals surface area (Å²) in [4.78, 5) is 2.59. The van der Waals surface area contributed by atoms with Crippen molar-refractivity contribution in [2.75, 3.05) is 37.7 Å². The molecule has 0 saturated carbocycles. The first-order chi connectivity index (χ1) is 8.24. The van der Waals surface area contributed by atoms with Gasteiger partial charge in [0.1, 0.15) is 0 Å². The van der Waals surface area contributed by atoms with Crippen molar-refractivity contribution in [2.45, 2.75) is 38.6 Å². The van der Waals surface area contributed by atoms with Gasteiger partial charge in [0.15, 0.2) is 0 Å². The summed E-state index contributed by atoms with van der Waals surface area (Å²) in [7, 11) is -0.527. The molecule has 0 amide bonds. The van der Waals surface area contributed by atoms with Gasteiger partial charge in [-0.2, -0.15) is 0 Å². The molecule has 0 aromatic carbocycles. The highest BCUT2D eigenvalue weighted by atomic mass is 32.2. The van der Waals surface area contributed by atoms with Gasteiger partial charge in [-0.25, -0.2) is 0 Å². The van der Waals surface area contributed by atoms with Crippen molar-refractivity contribution in [1.29, 1.82) is 0 Å². The zero-order chi connectivity index (χ0) is 12.1. The van der Waals surface area contributed by atoms with Crippen molar-refractivity contribution >= 4 is 10.8 Å². The van der Waals surface area contributed by atoms with E-state index < -0.39 is 10.8 Å². The number of rotatable bonds is 5. The lowest BCUT2D eigenvalue weighted by Gasteiger charge is -2.26. The van der Waals surface area contributed by atoms with Crippen LogP contribution in [-0.4, -0.2) is 52.8 Å². The normalized spacial score (nSPS) is 32.8. The number of nitrogens with one attached hydrogen (secondary N) is 1. The Hall–Kier alpha value is 0.0700. The highest BCUT2D eigenvalue weighted by molar-refractivity contribution is 7.85. The van der Waals surface area contributed by atoms with Crippen molar-refractivity contribution in [3.05, 3.63) is 0 Å². The van der Waals surface area contributed by atoms with Crippen molar-refractivity contribution in [3.63, 3.8) is 0 Å². The maximum atomic E-state index is 11.3. The molecular weight excluding hydrogens is 232 g/mol. The minimum absolute atomic E-state index is 0.527. The summed E-state index contributed by atoms with van der Waals surface area (Å²) in [6, 6.07) is 0.619. The third-order valence-corrected chi connectivity index (χ3v) is 5.29. The second-order valence-electron chi connectivity index (χ2n) is 5.64. The van der Waals surface area contributed by atoms with Gasteiger partial charge in [0.25, 0.3) is 0 Å². The van der Waals surface area contributed by atoms with Crippen LogP contribution in [0.5, 0.6) is 0 Å². The molecule has 2 fully saturated rings. The van der Waals surface area contributed by atoms with Gasteiger partial charge in [-0.1, -0.05) is 6.92 Å². The Balaban J connectivity index is 1.58. The van der Waals surface area contributed by atoms with Crippen molar-refractivity contribution in [1.82, 2.24) is 10.2 Å². The van der Waals surface area contributed by atoms with E-state index >= 15 is 0 Å². The summed E-state index contributed by atoms with van der Waals surface area (Å²) in [6.45, 7) is 7.30. The van der Waals surface area contributed by atoms with E-state index in [-0.39, 0.29) is 0 Å². The zero-order valence-corrected chi connectivity index (χ0v) is 11.8. The molecule has 0 bridgehead atoms. The Bertz CT molecular complexity index is 244. The molecule has 1 N–H and O–H groups in total. The van der Waals surface area contributed by atoms with Crippen LogP contribution in [0, 0.1) is 5.92 Å². The van der Waals surface area contributed by atoms with E-state index in [2.05, 4.69) is 17.1 Å². The molecule has 4 heteroatoms. The number of hydrogen-bond donors (Lipinski definition) is 1. The molecular formula is C13H26N2OS. The fourth-order valence-corrected chi connectivity index (χ4v) is 4.14. The fourth-order valence-electron chi connectivity index (χ4n) is 2.84. The van der Waals surface area contributed by atoms with E-state index in [1.165, 1.54) is 32.5 Å². The van der Waals surface area contributed by atoms with E-state index in [4.69, 9.17) is 0 Å². The fraction of sp³-hybridized carbons (Fsp3) is 1.00. The van der Waals surface area contributed by atoms with Crippen LogP contribution < -0.4 is 5.32 Å². The monoisotopic (exact) mass is 258 g/mol. The molecule has 100 valence electrons. The molecule has 0 aromatic rings. The summed E-state index contributed by atoms with van der Waals surface area (Å²) in [5.41, 5.74) is 0. The van der Waals surface area contributed by atoms with E-state index in [0.717, 1.165) is 36.8 Å². The quantitative estimate of drug-likeness (QED) is 0.805. The molecule has 1 atom stereocenters. The number of nitrogens with zero attached hydrogens (tertiary/aromatic N) is 1. The molecule has 0 aromatic heterocycles. The maximum absolute atomic E-state index is 11.3. The molecule has 2 heterocycles. The Morgan fingerprint density at radius 1 is 1.29 bits per heavy atom. The molecule has 1 unspecified atom stereocenters. The van der Waals surface area contributed by atoms with Crippen molar-refractivity contribution in [2.24, 2.45) is 5.92 Å². The predicted octanol–water partition coefficient (Wildman–Crippen LogP) is 1.22. The Morgan fingerprint density at radius 3 is 2.59 bits per heavy atom. The highest BCUT2D eigenvalue weighted by Gasteiger charge is 2.19. The van der Waals surface area contributed by atoms with E-state index in [0.29, 0.717) is 6.04 Å². The van der Waals surface area contributed by atoms with Crippen LogP contribution >= 0.6 is 0 Å². The summed E-state index contributed by atoms with van der Waals surface area (Å²) in [5.74, 6) is 2.54. The van der Waals surface area contributed by atoms with E-state index in [1.807, 2.05) is 0 Å². The van der Waals surface area contributed by atoms with Crippen LogP contribution in [0.3, 0.4) is 0 Å². The average molecular weight is 258 g/mol. The molecule has 0 spiro atoms. The van der Waals surface area contributed by atoms with Gasteiger partial charge in [0, 0.05) is 34.9 Å². The lowest BCUT2D eigenvalue weighted by Crippen LogP contribution is -2.40. The molecule has 17 heavy (non-hydrogen) atoms. The first-order valence-corrected chi connectivity index (χ1v) is 8.53. The SMILES string of the molecule is CC(CNC1CCS(=O)CC1)CN1CCCC1. The molecule has 0 aliphatic carbocycles. The lowest BCUT2D eigenvalue weighted by molar-refractivity contribution is 0.276. The first kappa shape index (κ1) is 13.5. The summed E-state index contributed by atoms with van der Waals surface area (Å²) in [5, 5.41) is 3.65. The third-order valence-electron chi connectivity index (χ3n) is 3.91. The average Bonchev–Trinajstić information content (AvgIpc) is 2.81. The molecule has 2 saturated heterocycles. The van der Waals surface area contributed by atoms with Crippen molar-refractivity contribution in [3.8, 4) is 0 Å². The molecule has 2 aliphatic heterocycles. The molecule has 3 nitrogen and oxygen atoms in total. The molecule has 2 rings (SSSR count). The lowest BCUT2D eigenvalue weighted by atomic mass is 10.1. The van der Waals surface area contributed by atoms with Gasteiger partial charge < -0.3 is 10.2 Å². The van der Waals surface area contributed by atoms with Gasteiger partial charge in [-0.15, -0.1) is 0 Å². The Labute approximate surface area is 108 Å². The third kappa shape index (κ3) is 4.68. The Kier molecular flexibility index (Phi) is 5.45. The standard InChI is InChI=1S/C13H26N2OS/c1-12(11-15-6-2-3-7-15)10-14-13-4-8-17(16)9-5-13/h12-14H,2-11H2,1H3. The highest BCUT2D eigenvalue weighted by Crippen LogP contribution is 2.12. The van der Waals surface area contributed by atoms with E-state index in [1.54, 1.807) is 0 Å². The van der Waals surface area contributed by atoms with Gasteiger partial charge in [-0.3, -0.25) is 4.21 Å². The number of likely N-dealkylation sites (tertiary alicyclic amines) is 1. The summed E-state index contributed by atoms with van der Waals surface area (Å²) in [6.07, 6.45) is 4.97. The zero-order valence-electron chi connectivity index (χ0n) is 11.0. The maximum Gasteiger partial charge on any atom is 0.0249 e. The van der Waals surface area contributed by atoms with Gasteiger partial charge in [-0.05, 0) is 51.2 Å². The summed E-state index contributed by atoms with van der Waals surface area (Å²) < 4.78 is 11.3. The Morgan fingerprint density at radius 2 is 1.94 bits per heavy atom. The van der Waals surface area contributed by atoms with Gasteiger partial charge in [0.2, 0.25) is 0 Å². The minimum atomic E-state index is -0.527. The molecule has 0 radical (unpaired) electrons. The second-order valence-corrected chi connectivity index (χ2v) is 7.34. The second kappa shape index (κ2) is 6.86. The largest absolute Gasteiger partial charge is 0.314 e. The van der Waals surface area contributed by atoms with Crippen LogP contribution in [0.25, 0.3) is 0 Å².